The minimum Gasteiger partial charge on any atom is -0.354 e. The Kier molecular flexibility index (Phi) is 8.99. The number of carbonyl (C=O) groups is 2. The number of sulfonamides is 1. The van der Waals surface area contributed by atoms with Crippen LogP contribution in [0.2, 0.25) is 0 Å². The van der Waals surface area contributed by atoms with Gasteiger partial charge in [0.15, 0.2) is 0 Å². The van der Waals surface area contributed by atoms with Gasteiger partial charge < -0.3 is 10.2 Å². The molecule has 1 atom stereocenters. The SMILES string of the molecule is CCCNC(=O)[C@H](C)N(Cc1ccccc1F)C(=O)CN(c1cccc(C)c1C)S(C)(=O)=O. The molecule has 0 aromatic heterocycles. The fourth-order valence-electron chi connectivity index (χ4n) is 3.39. The first-order valence-electron chi connectivity index (χ1n) is 10.8. The van der Waals surface area contributed by atoms with E-state index in [9.17, 15) is 22.4 Å². The van der Waals surface area contributed by atoms with E-state index in [1.807, 2.05) is 19.9 Å². The lowest BCUT2D eigenvalue weighted by Crippen LogP contribution is -2.51. The average molecular weight is 478 g/mol. The van der Waals surface area contributed by atoms with Gasteiger partial charge in [-0.15, -0.1) is 0 Å². The molecule has 0 unspecified atom stereocenters. The highest BCUT2D eigenvalue weighted by Crippen LogP contribution is 2.25. The number of aryl methyl sites for hydroxylation is 1. The minimum absolute atomic E-state index is 0.170. The monoisotopic (exact) mass is 477 g/mol. The van der Waals surface area contributed by atoms with E-state index >= 15 is 0 Å². The number of rotatable bonds is 10. The lowest BCUT2D eigenvalue weighted by molar-refractivity contribution is -0.139. The Hall–Kier alpha value is -2.94. The summed E-state index contributed by atoms with van der Waals surface area (Å²) in [4.78, 5) is 27.3. The highest BCUT2D eigenvalue weighted by Gasteiger charge is 2.31. The van der Waals surface area contributed by atoms with Crippen molar-refractivity contribution in [2.24, 2.45) is 0 Å². The first-order chi connectivity index (χ1) is 15.5. The van der Waals surface area contributed by atoms with Crippen molar-refractivity contribution in [1.29, 1.82) is 0 Å². The zero-order chi connectivity index (χ0) is 24.8. The molecule has 2 rings (SSSR count). The predicted molar refractivity (Wildman–Crippen MR) is 128 cm³/mol. The molecule has 0 saturated heterocycles. The van der Waals surface area contributed by atoms with E-state index in [0.717, 1.165) is 21.7 Å². The second-order valence-electron chi connectivity index (χ2n) is 8.07. The van der Waals surface area contributed by atoms with Gasteiger partial charge in [0, 0.05) is 18.7 Å². The fraction of sp³-hybridized carbons (Fsp3) is 0.417. The Morgan fingerprint density at radius 1 is 1.09 bits per heavy atom. The molecular weight excluding hydrogens is 445 g/mol. The van der Waals surface area contributed by atoms with E-state index < -0.39 is 34.3 Å². The average Bonchev–Trinajstić information content (AvgIpc) is 2.76. The summed E-state index contributed by atoms with van der Waals surface area (Å²) in [7, 11) is -3.82. The standard InChI is InChI=1S/C24H32FN3O4S/c1-6-14-26-24(30)19(4)27(15-20-11-7-8-12-21(20)25)23(29)16-28(33(5,31)32)22-13-9-10-17(2)18(22)3/h7-13,19H,6,14-16H2,1-5H3,(H,26,30)/t19-/m0/s1. The molecule has 0 fully saturated rings. The van der Waals surface area contributed by atoms with E-state index in [4.69, 9.17) is 0 Å². The Balaban J connectivity index is 2.43. The van der Waals surface area contributed by atoms with Crippen molar-refractivity contribution in [2.75, 3.05) is 23.7 Å². The number of amides is 2. The van der Waals surface area contributed by atoms with E-state index in [1.54, 1.807) is 32.0 Å². The maximum atomic E-state index is 14.3. The molecule has 0 spiro atoms. The van der Waals surface area contributed by atoms with Crippen LogP contribution in [0.4, 0.5) is 10.1 Å². The molecule has 0 saturated carbocycles. The van der Waals surface area contributed by atoms with E-state index in [2.05, 4.69) is 5.32 Å². The number of halogens is 1. The number of hydrogen-bond donors (Lipinski definition) is 1. The number of benzene rings is 2. The number of hydrogen-bond acceptors (Lipinski definition) is 4. The second kappa shape index (κ2) is 11.3. The number of carbonyl (C=O) groups excluding carboxylic acids is 2. The third kappa shape index (κ3) is 6.77. The summed E-state index contributed by atoms with van der Waals surface area (Å²) in [5.74, 6) is -1.51. The van der Waals surface area contributed by atoms with Gasteiger partial charge in [0.05, 0.1) is 11.9 Å². The molecule has 0 bridgehead atoms. The Labute approximate surface area is 195 Å². The Morgan fingerprint density at radius 3 is 2.36 bits per heavy atom. The van der Waals surface area contributed by atoms with Crippen molar-refractivity contribution in [3.8, 4) is 0 Å². The van der Waals surface area contributed by atoms with Crippen LogP contribution in [0.3, 0.4) is 0 Å². The van der Waals surface area contributed by atoms with Crippen LogP contribution < -0.4 is 9.62 Å². The van der Waals surface area contributed by atoms with Gasteiger partial charge >= 0.3 is 0 Å². The summed E-state index contributed by atoms with van der Waals surface area (Å²) in [6, 6.07) is 10.3. The third-order valence-electron chi connectivity index (χ3n) is 5.54. The van der Waals surface area contributed by atoms with Crippen LogP contribution >= 0.6 is 0 Å². The number of anilines is 1. The van der Waals surface area contributed by atoms with Crippen molar-refractivity contribution in [2.45, 2.75) is 46.7 Å². The summed E-state index contributed by atoms with van der Waals surface area (Å²) < 4.78 is 40.6. The number of nitrogens with one attached hydrogen (secondary N) is 1. The molecule has 0 aliphatic carbocycles. The maximum absolute atomic E-state index is 14.3. The molecule has 0 aliphatic rings. The van der Waals surface area contributed by atoms with Crippen LogP contribution in [0.1, 0.15) is 37.0 Å². The number of nitrogens with zero attached hydrogens (tertiary/aromatic N) is 2. The van der Waals surface area contributed by atoms with Crippen molar-refractivity contribution in [1.82, 2.24) is 10.2 Å². The summed E-state index contributed by atoms with van der Waals surface area (Å²) >= 11 is 0. The molecular formula is C24H32FN3O4S. The van der Waals surface area contributed by atoms with Crippen LogP contribution in [-0.2, 0) is 26.2 Å². The van der Waals surface area contributed by atoms with Crippen LogP contribution in [0, 0.1) is 19.7 Å². The summed E-state index contributed by atoms with van der Waals surface area (Å²) in [5.41, 5.74) is 2.23. The molecule has 1 N–H and O–H groups in total. The largest absolute Gasteiger partial charge is 0.354 e. The van der Waals surface area contributed by atoms with E-state index in [-0.39, 0.29) is 18.0 Å². The van der Waals surface area contributed by atoms with Gasteiger partial charge in [0.25, 0.3) is 0 Å². The zero-order valence-corrected chi connectivity index (χ0v) is 20.6. The van der Waals surface area contributed by atoms with Crippen molar-refractivity contribution in [3.05, 3.63) is 65.0 Å². The van der Waals surface area contributed by atoms with Gasteiger partial charge in [-0.05, 0) is 50.5 Å². The topological polar surface area (TPSA) is 86.8 Å². The quantitative estimate of drug-likeness (QED) is 0.570. The molecule has 9 heteroatoms. The summed E-state index contributed by atoms with van der Waals surface area (Å²) in [6.45, 7) is 6.84. The second-order valence-corrected chi connectivity index (χ2v) is 9.98. The Morgan fingerprint density at radius 2 is 1.76 bits per heavy atom. The van der Waals surface area contributed by atoms with Crippen molar-refractivity contribution >= 4 is 27.5 Å². The van der Waals surface area contributed by atoms with Crippen LogP contribution in [-0.4, -0.2) is 50.5 Å². The lowest BCUT2D eigenvalue weighted by atomic mass is 10.1. The van der Waals surface area contributed by atoms with Gasteiger partial charge in [-0.1, -0.05) is 37.3 Å². The molecule has 2 aromatic carbocycles. The van der Waals surface area contributed by atoms with Crippen LogP contribution in [0.25, 0.3) is 0 Å². The van der Waals surface area contributed by atoms with Crippen LogP contribution in [0.5, 0.6) is 0 Å². The molecule has 2 aromatic rings. The lowest BCUT2D eigenvalue weighted by Gasteiger charge is -2.32. The molecule has 180 valence electrons. The minimum atomic E-state index is -3.82. The van der Waals surface area contributed by atoms with Crippen molar-refractivity contribution in [3.63, 3.8) is 0 Å². The summed E-state index contributed by atoms with van der Waals surface area (Å²) in [5, 5.41) is 2.74. The predicted octanol–water partition coefficient (Wildman–Crippen LogP) is 3.15. The van der Waals surface area contributed by atoms with Gasteiger partial charge in [-0.25, -0.2) is 12.8 Å². The zero-order valence-electron chi connectivity index (χ0n) is 19.8. The van der Waals surface area contributed by atoms with Gasteiger partial charge in [0.1, 0.15) is 18.4 Å². The molecule has 0 heterocycles. The van der Waals surface area contributed by atoms with E-state index in [1.165, 1.54) is 23.1 Å². The first kappa shape index (κ1) is 26.3. The highest BCUT2D eigenvalue weighted by molar-refractivity contribution is 7.92. The molecule has 2 amide bonds. The maximum Gasteiger partial charge on any atom is 0.244 e. The smallest absolute Gasteiger partial charge is 0.244 e. The highest BCUT2D eigenvalue weighted by atomic mass is 32.2. The molecule has 0 aliphatic heterocycles. The molecule has 0 radical (unpaired) electrons. The molecule has 7 nitrogen and oxygen atoms in total. The third-order valence-corrected chi connectivity index (χ3v) is 6.67. The van der Waals surface area contributed by atoms with Crippen LogP contribution in [0.15, 0.2) is 42.5 Å². The molecule has 33 heavy (non-hydrogen) atoms. The Bertz CT molecular complexity index is 1100. The van der Waals surface area contributed by atoms with Crippen molar-refractivity contribution < 1.29 is 22.4 Å². The van der Waals surface area contributed by atoms with E-state index in [0.29, 0.717) is 18.7 Å². The van der Waals surface area contributed by atoms with Gasteiger partial charge in [0.2, 0.25) is 21.8 Å². The van der Waals surface area contributed by atoms with Gasteiger partial charge in [-0.2, -0.15) is 0 Å². The normalized spacial score (nSPS) is 12.2. The van der Waals surface area contributed by atoms with Gasteiger partial charge in [-0.3, -0.25) is 13.9 Å². The first-order valence-corrected chi connectivity index (χ1v) is 12.7. The fourth-order valence-corrected chi connectivity index (χ4v) is 4.29. The summed E-state index contributed by atoms with van der Waals surface area (Å²) in [6.07, 6.45) is 1.74.